The highest BCUT2D eigenvalue weighted by molar-refractivity contribution is 5.46. The van der Waals surface area contributed by atoms with Crippen molar-refractivity contribution in [3.63, 3.8) is 0 Å². The van der Waals surface area contributed by atoms with Gasteiger partial charge in [-0.25, -0.2) is 0 Å². The number of hydrogen-bond acceptors (Lipinski definition) is 4. The fraction of sp³-hybridized carbons (Fsp3) is 0.727. The molecule has 0 aromatic carbocycles. The van der Waals surface area contributed by atoms with Crippen LogP contribution in [-0.2, 0) is 11.3 Å². The van der Waals surface area contributed by atoms with Crippen LogP contribution in [0.25, 0.3) is 0 Å². The molecule has 0 radical (unpaired) electrons. The van der Waals surface area contributed by atoms with Crippen molar-refractivity contribution in [2.24, 2.45) is 0 Å². The van der Waals surface area contributed by atoms with Crippen molar-refractivity contribution < 1.29 is 4.74 Å². The molecule has 1 fully saturated rings. The van der Waals surface area contributed by atoms with E-state index in [1.165, 1.54) is 0 Å². The van der Waals surface area contributed by atoms with Crippen molar-refractivity contribution >= 4 is 5.69 Å². The quantitative estimate of drug-likeness (QED) is 0.808. The van der Waals surface area contributed by atoms with Gasteiger partial charge in [-0.2, -0.15) is 5.10 Å². The summed E-state index contributed by atoms with van der Waals surface area (Å²) in [7, 11) is 0. The molecule has 0 saturated carbocycles. The SMILES string of the molecule is Cc1nn(CCN2CCOCC2)c(C)c1N. The first-order chi connectivity index (χ1) is 7.68. The number of nitrogens with two attached hydrogens (primary N) is 1. The van der Waals surface area contributed by atoms with E-state index in [-0.39, 0.29) is 0 Å². The van der Waals surface area contributed by atoms with Crippen LogP contribution >= 0.6 is 0 Å². The minimum absolute atomic E-state index is 0.821. The fourth-order valence-corrected chi connectivity index (χ4v) is 1.99. The first kappa shape index (κ1) is 11.4. The van der Waals surface area contributed by atoms with Gasteiger partial charge in [0.2, 0.25) is 0 Å². The summed E-state index contributed by atoms with van der Waals surface area (Å²) in [4.78, 5) is 2.40. The van der Waals surface area contributed by atoms with Gasteiger partial charge < -0.3 is 10.5 Å². The van der Waals surface area contributed by atoms with E-state index in [4.69, 9.17) is 10.5 Å². The average Bonchev–Trinajstić information content (AvgIpc) is 2.56. The van der Waals surface area contributed by atoms with Crippen LogP contribution < -0.4 is 5.73 Å². The Labute approximate surface area is 96.2 Å². The van der Waals surface area contributed by atoms with Gasteiger partial charge in [-0.05, 0) is 13.8 Å². The third kappa shape index (κ3) is 2.36. The molecular weight excluding hydrogens is 204 g/mol. The summed E-state index contributed by atoms with van der Waals surface area (Å²) in [5.74, 6) is 0. The van der Waals surface area contributed by atoms with Crippen LogP contribution in [0.1, 0.15) is 11.4 Å². The Morgan fingerprint density at radius 3 is 2.50 bits per heavy atom. The minimum atomic E-state index is 0.821. The lowest BCUT2D eigenvalue weighted by Crippen LogP contribution is -2.38. The maximum absolute atomic E-state index is 5.89. The van der Waals surface area contributed by atoms with Crippen LogP contribution in [0.15, 0.2) is 0 Å². The van der Waals surface area contributed by atoms with E-state index in [0.29, 0.717) is 0 Å². The Kier molecular flexibility index (Phi) is 3.46. The van der Waals surface area contributed by atoms with E-state index in [9.17, 15) is 0 Å². The summed E-state index contributed by atoms with van der Waals surface area (Å²) in [6.07, 6.45) is 0. The predicted octanol–water partition coefficient (Wildman–Crippen LogP) is 0.414. The Bertz CT molecular complexity index is 355. The zero-order valence-electron chi connectivity index (χ0n) is 10.1. The molecule has 2 heterocycles. The lowest BCUT2D eigenvalue weighted by Gasteiger charge is -2.26. The number of nitrogen functional groups attached to an aromatic ring is 1. The molecule has 16 heavy (non-hydrogen) atoms. The van der Waals surface area contributed by atoms with Crippen molar-refractivity contribution in [2.45, 2.75) is 20.4 Å². The van der Waals surface area contributed by atoms with Crippen molar-refractivity contribution in [3.8, 4) is 0 Å². The lowest BCUT2D eigenvalue weighted by molar-refractivity contribution is 0.0359. The van der Waals surface area contributed by atoms with E-state index >= 15 is 0 Å². The Balaban J connectivity index is 1.91. The number of hydrogen-bond donors (Lipinski definition) is 1. The maximum Gasteiger partial charge on any atom is 0.0825 e. The van der Waals surface area contributed by atoms with Gasteiger partial charge in [-0.3, -0.25) is 9.58 Å². The second kappa shape index (κ2) is 4.84. The zero-order valence-corrected chi connectivity index (χ0v) is 10.1. The molecule has 0 bridgehead atoms. The smallest absolute Gasteiger partial charge is 0.0825 e. The monoisotopic (exact) mass is 224 g/mol. The number of ether oxygens (including phenoxy) is 1. The minimum Gasteiger partial charge on any atom is -0.396 e. The predicted molar refractivity (Wildman–Crippen MR) is 63.4 cm³/mol. The van der Waals surface area contributed by atoms with E-state index in [1.807, 2.05) is 18.5 Å². The molecule has 0 atom stereocenters. The molecule has 0 spiro atoms. The number of aromatic nitrogens is 2. The molecule has 2 N–H and O–H groups in total. The third-order valence-corrected chi connectivity index (χ3v) is 3.17. The highest BCUT2D eigenvalue weighted by atomic mass is 16.5. The molecule has 0 unspecified atom stereocenters. The molecule has 5 heteroatoms. The Morgan fingerprint density at radius 2 is 1.94 bits per heavy atom. The van der Waals surface area contributed by atoms with E-state index in [1.54, 1.807) is 0 Å². The van der Waals surface area contributed by atoms with E-state index < -0.39 is 0 Å². The molecule has 1 saturated heterocycles. The van der Waals surface area contributed by atoms with Gasteiger partial charge in [-0.1, -0.05) is 0 Å². The summed E-state index contributed by atoms with van der Waals surface area (Å²) in [5, 5.41) is 4.43. The van der Waals surface area contributed by atoms with Crippen molar-refractivity contribution in [1.29, 1.82) is 0 Å². The molecular formula is C11H20N4O. The number of anilines is 1. The van der Waals surface area contributed by atoms with Crippen LogP contribution in [0.4, 0.5) is 5.69 Å². The summed E-state index contributed by atoms with van der Waals surface area (Å²) in [6.45, 7) is 9.64. The molecule has 0 aliphatic carbocycles. The summed E-state index contributed by atoms with van der Waals surface area (Å²) >= 11 is 0. The normalized spacial score (nSPS) is 17.9. The van der Waals surface area contributed by atoms with Crippen LogP contribution in [0, 0.1) is 13.8 Å². The average molecular weight is 224 g/mol. The standard InChI is InChI=1S/C11H20N4O/c1-9-11(12)10(2)15(13-9)4-3-14-5-7-16-8-6-14/h3-8,12H2,1-2H3. The van der Waals surface area contributed by atoms with Crippen LogP contribution in [-0.4, -0.2) is 47.5 Å². The first-order valence-electron chi connectivity index (χ1n) is 5.78. The van der Waals surface area contributed by atoms with Gasteiger partial charge in [-0.15, -0.1) is 0 Å². The van der Waals surface area contributed by atoms with Gasteiger partial charge in [0.25, 0.3) is 0 Å². The largest absolute Gasteiger partial charge is 0.396 e. The molecule has 0 amide bonds. The van der Waals surface area contributed by atoms with E-state index in [2.05, 4.69) is 10.00 Å². The Morgan fingerprint density at radius 1 is 1.25 bits per heavy atom. The van der Waals surface area contributed by atoms with Gasteiger partial charge in [0.15, 0.2) is 0 Å². The van der Waals surface area contributed by atoms with Crippen molar-refractivity contribution in [2.75, 3.05) is 38.6 Å². The van der Waals surface area contributed by atoms with Gasteiger partial charge in [0.1, 0.15) is 0 Å². The van der Waals surface area contributed by atoms with Crippen LogP contribution in [0.2, 0.25) is 0 Å². The van der Waals surface area contributed by atoms with Crippen molar-refractivity contribution in [3.05, 3.63) is 11.4 Å². The van der Waals surface area contributed by atoms with Gasteiger partial charge >= 0.3 is 0 Å². The Hall–Kier alpha value is -1.07. The third-order valence-electron chi connectivity index (χ3n) is 3.17. The van der Waals surface area contributed by atoms with Crippen LogP contribution in [0.3, 0.4) is 0 Å². The van der Waals surface area contributed by atoms with Crippen molar-refractivity contribution in [1.82, 2.24) is 14.7 Å². The number of nitrogens with zero attached hydrogens (tertiary/aromatic N) is 3. The zero-order chi connectivity index (χ0) is 11.5. The second-order valence-electron chi connectivity index (χ2n) is 4.26. The highest BCUT2D eigenvalue weighted by Gasteiger charge is 2.12. The summed E-state index contributed by atoms with van der Waals surface area (Å²) in [6, 6.07) is 0. The lowest BCUT2D eigenvalue weighted by atomic mass is 10.3. The number of aryl methyl sites for hydroxylation is 1. The highest BCUT2D eigenvalue weighted by Crippen LogP contribution is 2.14. The molecule has 1 aliphatic rings. The summed E-state index contributed by atoms with van der Waals surface area (Å²) in [5.41, 5.74) is 8.72. The fourth-order valence-electron chi connectivity index (χ4n) is 1.99. The molecule has 1 aromatic heterocycles. The number of rotatable bonds is 3. The molecule has 5 nitrogen and oxygen atoms in total. The topological polar surface area (TPSA) is 56.3 Å². The second-order valence-corrected chi connectivity index (χ2v) is 4.26. The van der Waals surface area contributed by atoms with E-state index in [0.717, 1.165) is 56.5 Å². The van der Waals surface area contributed by atoms with Crippen LogP contribution in [0.5, 0.6) is 0 Å². The molecule has 2 rings (SSSR count). The van der Waals surface area contributed by atoms with Gasteiger partial charge in [0.05, 0.1) is 36.8 Å². The maximum atomic E-state index is 5.89. The molecule has 1 aromatic rings. The molecule has 1 aliphatic heterocycles. The summed E-state index contributed by atoms with van der Waals surface area (Å²) < 4.78 is 7.31. The van der Waals surface area contributed by atoms with Gasteiger partial charge in [0, 0.05) is 19.6 Å². The molecule has 90 valence electrons. The number of morpholine rings is 1. The first-order valence-corrected chi connectivity index (χ1v) is 5.78.